The van der Waals surface area contributed by atoms with Crippen molar-refractivity contribution in [2.45, 2.75) is 51.6 Å². The number of hydrogen-bond donors (Lipinski definition) is 3. The number of aryl methyl sites for hydroxylation is 2. The van der Waals surface area contributed by atoms with Crippen LogP contribution in [-0.2, 0) is 20.8 Å². The fraction of sp³-hybridized carbons (Fsp3) is 0.526. The van der Waals surface area contributed by atoms with Gasteiger partial charge in [-0.15, -0.1) is 0 Å². The van der Waals surface area contributed by atoms with Gasteiger partial charge in [0.15, 0.2) is 0 Å². The molecule has 1 amide bonds. The first-order chi connectivity index (χ1) is 12.1. The third-order valence-electron chi connectivity index (χ3n) is 5.19. The fourth-order valence-corrected chi connectivity index (χ4v) is 3.37. The second-order valence-corrected chi connectivity index (χ2v) is 7.09. The van der Waals surface area contributed by atoms with Gasteiger partial charge >= 0.3 is 11.9 Å². The van der Waals surface area contributed by atoms with E-state index in [1.54, 1.807) is 11.8 Å². The van der Waals surface area contributed by atoms with Gasteiger partial charge in [0.05, 0.1) is 6.42 Å². The molecule has 0 spiro atoms. The molecule has 0 bridgehead atoms. The molecule has 1 atom stereocenters. The molecule has 1 aromatic carbocycles. The van der Waals surface area contributed by atoms with Crippen LogP contribution in [0.1, 0.15) is 36.5 Å². The van der Waals surface area contributed by atoms with Gasteiger partial charge in [0.2, 0.25) is 5.91 Å². The first-order valence-electron chi connectivity index (χ1n) is 8.72. The summed E-state index contributed by atoms with van der Waals surface area (Å²) in [7, 11) is 0. The number of carbonyl (C=O) groups excluding carboxylic acids is 1. The minimum Gasteiger partial charge on any atom is -0.480 e. The van der Waals surface area contributed by atoms with Crippen molar-refractivity contribution < 1.29 is 24.6 Å². The van der Waals surface area contributed by atoms with E-state index in [9.17, 15) is 19.5 Å². The zero-order valence-corrected chi connectivity index (χ0v) is 15.4. The van der Waals surface area contributed by atoms with Gasteiger partial charge in [-0.2, -0.15) is 0 Å². The summed E-state index contributed by atoms with van der Waals surface area (Å²) in [6, 6.07) is 5.12. The number of nitrogens with one attached hydrogen (secondary N) is 1. The average Bonchev–Trinajstić information content (AvgIpc) is 2.57. The lowest BCUT2D eigenvalue weighted by Gasteiger charge is -2.40. The SMILES string of the molecule is Cc1ccc(CC(=O)NC2(C(=O)O)CCN(C(C)C(=O)O)CC2)c(C)c1. The number of rotatable bonds is 6. The Morgan fingerprint density at radius 2 is 1.81 bits per heavy atom. The van der Waals surface area contributed by atoms with Gasteiger partial charge in [0.25, 0.3) is 0 Å². The molecule has 1 unspecified atom stereocenters. The van der Waals surface area contributed by atoms with Gasteiger partial charge in [-0.05, 0) is 44.7 Å². The van der Waals surface area contributed by atoms with E-state index in [4.69, 9.17) is 5.11 Å². The van der Waals surface area contributed by atoms with Crippen LogP contribution < -0.4 is 5.32 Å². The Morgan fingerprint density at radius 3 is 2.31 bits per heavy atom. The van der Waals surface area contributed by atoms with Crippen molar-refractivity contribution in [3.63, 3.8) is 0 Å². The molecule has 1 heterocycles. The van der Waals surface area contributed by atoms with E-state index < -0.39 is 23.5 Å². The maximum absolute atomic E-state index is 12.5. The molecule has 0 aliphatic carbocycles. The number of amides is 1. The Bertz CT molecular complexity index is 708. The van der Waals surface area contributed by atoms with Crippen LogP contribution in [0.4, 0.5) is 0 Å². The van der Waals surface area contributed by atoms with E-state index in [0.717, 1.165) is 16.7 Å². The van der Waals surface area contributed by atoms with Crippen molar-refractivity contribution in [3.05, 3.63) is 34.9 Å². The summed E-state index contributed by atoms with van der Waals surface area (Å²) in [6.45, 7) is 6.10. The van der Waals surface area contributed by atoms with Gasteiger partial charge in [-0.25, -0.2) is 4.79 Å². The highest BCUT2D eigenvalue weighted by atomic mass is 16.4. The molecular weight excluding hydrogens is 336 g/mol. The van der Waals surface area contributed by atoms with Gasteiger partial charge < -0.3 is 15.5 Å². The van der Waals surface area contributed by atoms with E-state index in [0.29, 0.717) is 13.1 Å². The molecule has 1 aliphatic rings. The molecule has 1 saturated heterocycles. The third kappa shape index (κ3) is 4.40. The van der Waals surface area contributed by atoms with Crippen LogP contribution in [0.5, 0.6) is 0 Å². The summed E-state index contributed by atoms with van der Waals surface area (Å²) in [5.74, 6) is -2.35. The van der Waals surface area contributed by atoms with E-state index in [2.05, 4.69) is 5.32 Å². The lowest BCUT2D eigenvalue weighted by molar-refractivity contribution is -0.151. The maximum atomic E-state index is 12.5. The van der Waals surface area contributed by atoms with E-state index in [-0.39, 0.29) is 25.2 Å². The molecule has 1 aromatic rings. The van der Waals surface area contributed by atoms with Crippen molar-refractivity contribution in [1.29, 1.82) is 0 Å². The Morgan fingerprint density at radius 1 is 1.19 bits per heavy atom. The quantitative estimate of drug-likeness (QED) is 0.705. The number of carboxylic acid groups (broad SMARTS) is 2. The zero-order valence-electron chi connectivity index (χ0n) is 15.4. The monoisotopic (exact) mass is 362 g/mol. The summed E-state index contributed by atoms with van der Waals surface area (Å²) >= 11 is 0. The number of carbonyl (C=O) groups is 3. The second-order valence-electron chi connectivity index (χ2n) is 7.09. The van der Waals surface area contributed by atoms with Crippen molar-refractivity contribution in [1.82, 2.24) is 10.2 Å². The first-order valence-corrected chi connectivity index (χ1v) is 8.72. The van der Waals surface area contributed by atoms with Gasteiger partial charge in [-0.3, -0.25) is 14.5 Å². The van der Waals surface area contributed by atoms with Crippen molar-refractivity contribution in [3.8, 4) is 0 Å². The van der Waals surface area contributed by atoms with Crippen LogP contribution in [0, 0.1) is 13.8 Å². The molecule has 0 aromatic heterocycles. The first kappa shape index (κ1) is 19.9. The van der Waals surface area contributed by atoms with Crippen LogP contribution in [0.3, 0.4) is 0 Å². The summed E-state index contributed by atoms with van der Waals surface area (Å²) in [5.41, 5.74) is 1.62. The van der Waals surface area contributed by atoms with Gasteiger partial charge in [-0.1, -0.05) is 23.8 Å². The highest BCUT2D eigenvalue weighted by molar-refractivity contribution is 5.88. The van der Waals surface area contributed by atoms with Crippen LogP contribution in [0.25, 0.3) is 0 Å². The van der Waals surface area contributed by atoms with E-state index >= 15 is 0 Å². The Labute approximate surface area is 153 Å². The molecule has 7 heteroatoms. The minimum absolute atomic E-state index is 0.121. The topological polar surface area (TPSA) is 107 Å². The summed E-state index contributed by atoms with van der Waals surface area (Å²) in [6.07, 6.45) is 0.480. The Kier molecular flexibility index (Phi) is 6.02. The number of carboxylic acids is 2. The van der Waals surface area contributed by atoms with Gasteiger partial charge in [0, 0.05) is 13.1 Å². The molecular formula is C19H26N2O5. The lowest BCUT2D eigenvalue weighted by atomic mass is 9.86. The highest BCUT2D eigenvalue weighted by Gasteiger charge is 2.44. The molecule has 142 valence electrons. The summed E-state index contributed by atoms with van der Waals surface area (Å²) in [4.78, 5) is 37.1. The maximum Gasteiger partial charge on any atom is 0.329 e. The second kappa shape index (κ2) is 7.86. The van der Waals surface area contributed by atoms with Crippen LogP contribution in [0.15, 0.2) is 18.2 Å². The molecule has 26 heavy (non-hydrogen) atoms. The molecule has 3 N–H and O–H groups in total. The minimum atomic E-state index is -1.34. The fourth-order valence-electron chi connectivity index (χ4n) is 3.37. The number of aliphatic carboxylic acids is 2. The standard InChI is InChI=1S/C19H26N2O5/c1-12-4-5-15(13(2)10-12)11-16(22)20-19(18(25)26)6-8-21(9-7-19)14(3)17(23)24/h4-5,10,14H,6-9,11H2,1-3H3,(H,20,22)(H,23,24)(H,25,26). The lowest BCUT2D eigenvalue weighted by Crippen LogP contribution is -2.61. The third-order valence-corrected chi connectivity index (χ3v) is 5.19. The van der Waals surface area contributed by atoms with Crippen molar-refractivity contribution in [2.75, 3.05) is 13.1 Å². The smallest absolute Gasteiger partial charge is 0.329 e. The predicted octanol–water partition coefficient (Wildman–Crippen LogP) is 1.35. The number of nitrogens with zero attached hydrogens (tertiary/aromatic N) is 1. The van der Waals surface area contributed by atoms with Crippen LogP contribution in [-0.4, -0.2) is 57.6 Å². The largest absolute Gasteiger partial charge is 0.480 e. The van der Waals surface area contributed by atoms with Crippen molar-refractivity contribution in [2.24, 2.45) is 0 Å². The highest BCUT2D eigenvalue weighted by Crippen LogP contribution is 2.25. The number of hydrogen-bond acceptors (Lipinski definition) is 4. The predicted molar refractivity (Wildman–Crippen MR) is 96.0 cm³/mol. The molecule has 0 saturated carbocycles. The Hall–Kier alpha value is -2.41. The summed E-state index contributed by atoms with van der Waals surface area (Å²) < 4.78 is 0. The van der Waals surface area contributed by atoms with Crippen LogP contribution in [0.2, 0.25) is 0 Å². The zero-order chi connectivity index (χ0) is 19.5. The molecule has 1 fully saturated rings. The number of benzene rings is 1. The number of piperidine rings is 1. The number of likely N-dealkylation sites (tertiary alicyclic amines) is 1. The van der Waals surface area contributed by atoms with Gasteiger partial charge in [0.1, 0.15) is 11.6 Å². The molecule has 0 radical (unpaired) electrons. The normalized spacial score (nSPS) is 18.1. The van der Waals surface area contributed by atoms with Crippen LogP contribution >= 0.6 is 0 Å². The average molecular weight is 362 g/mol. The molecule has 2 rings (SSSR count). The van der Waals surface area contributed by atoms with E-state index in [1.807, 2.05) is 32.0 Å². The Balaban J connectivity index is 2.05. The molecule has 7 nitrogen and oxygen atoms in total. The van der Waals surface area contributed by atoms with E-state index in [1.165, 1.54) is 0 Å². The van der Waals surface area contributed by atoms with Crippen molar-refractivity contribution >= 4 is 17.8 Å². The molecule has 1 aliphatic heterocycles. The summed E-state index contributed by atoms with van der Waals surface area (Å²) in [5, 5.41) is 21.5.